The Morgan fingerprint density at radius 3 is 2.78 bits per heavy atom. The molecule has 1 aliphatic carbocycles. The number of nitrogens with zero attached hydrogens (tertiary/aromatic N) is 3. The van der Waals surface area contributed by atoms with Gasteiger partial charge in [0.2, 0.25) is 0 Å². The van der Waals surface area contributed by atoms with Crippen LogP contribution in [0.25, 0.3) is 0 Å². The highest BCUT2D eigenvalue weighted by atomic mass is 32.2. The van der Waals surface area contributed by atoms with Gasteiger partial charge < -0.3 is 4.90 Å². The van der Waals surface area contributed by atoms with E-state index in [1.54, 1.807) is 12.3 Å². The van der Waals surface area contributed by atoms with Gasteiger partial charge in [0.15, 0.2) is 5.03 Å². The van der Waals surface area contributed by atoms with Gasteiger partial charge in [0.05, 0.1) is 6.20 Å². The van der Waals surface area contributed by atoms with Gasteiger partial charge in [-0.05, 0) is 44.7 Å². The zero-order chi connectivity index (χ0) is 16.3. The van der Waals surface area contributed by atoms with E-state index < -0.39 is 10.0 Å². The Kier molecular flexibility index (Phi) is 5.38. The van der Waals surface area contributed by atoms with E-state index in [0.29, 0.717) is 19.0 Å². The Labute approximate surface area is 139 Å². The first-order chi connectivity index (χ1) is 11.1. The van der Waals surface area contributed by atoms with Gasteiger partial charge in [0.25, 0.3) is 10.0 Å². The van der Waals surface area contributed by atoms with Gasteiger partial charge in [0.1, 0.15) is 0 Å². The van der Waals surface area contributed by atoms with Crippen molar-refractivity contribution in [1.82, 2.24) is 19.4 Å². The molecule has 0 radical (unpaired) electrons. The predicted molar refractivity (Wildman–Crippen MR) is 89.6 cm³/mol. The molecule has 23 heavy (non-hydrogen) atoms. The molecule has 1 aromatic rings. The Bertz CT molecular complexity index is 607. The molecule has 6 nitrogen and oxygen atoms in total. The minimum atomic E-state index is -3.46. The summed E-state index contributed by atoms with van der Waals surface area (Å²) in [6.07, 6.45) is 9.32. The van der Waals surface area contributed by atoms with Crippen molar-refractivity contribution in [3.63, 3.8) is 0 Å². The number of rotatable bonds is 6. The van der Waals surface area contributed by atoms with Crippen molar-refractivity contribution in [1.29, 1.82) is 0 Å². The van der Waals surface area contributed by atoms with Gasteiger partial charge in [-0.2, -0.15) is 5.10 Å². The molecule has 1 saturated heterocycles. The van der Waals surface area contributed by atoms with Crippen molar-refractivity contribution in [2.75, 3.05) is 19.6 Å². The number of aryl methyl sites for hydroxylation is 1. The third-order valence-corrected chi connectivity index (χ3v) is 6.67. The SMILES string of the molecule is CCn1nccc1S(=O)(=O)NC[C@@H]1CCN(C2CCCCC2)C1. The first-order valence-corrected chi connectivity index (χ1v) is 10.3. The van der Waals surface area contributed by atoms with Crippen LogP contribution in [0.2, 0.25) is 0 Å². The molecule has 0 bridgehead atoms. The van der Waals surface area contributed by atoms with Crippen LogP contribution in [-0.4, -0.2) is 48.8 Å². The second-order valence-electron chi connectivity index (χ2n) is 6.78. The summed E-state index contributed by atoms with van der Waals surface area (Å²) in [7, 11) is -3.46. The molecule has 1 saturated carbocycles. The zero-order valence-corrected chi connectivity index (χ0v) is 14.8. The fourth-order valence-electron chi connectivity index (χ4n) is 3.89. The number of likely N-dealkylation sites (tertiary alicyclic amines) is 1. The monoisotopic (exact) mass is 340 g/mol. The molecule has 1 N–H and O–H groups in total. The van der Waals surface area contributed by atoms with E-state index in [0.717, 1.165) is 25.6 Å². The molecule has 130 valence electrons. The fraction of sp³-hybridized carbons (Fsp3) is 0.812. The molecule has 3 rings (SSSR count). The molecular formula is C16H28N4O2S. The molecule has 2 fully saturated rings. The summed E-state index contributed by atoms with van der Waals surface area (Å²) in [6.45, 7) is 5.12. The number of aromatic nitrogens is 2. The second kappa shape index (κ2) is 7.32. The maximum Gasteiger partial charge on any atom is 0.257 e. The molecule has 0 aromatic carbocycles. The Hall–Kier alpha value is -0.920. The standard InChI is InChI=1S/C16H28N4O2S/c1-2-20-16(8-10-17-20)23(21,22)18-12-14-9-11-19(13-14)15-6-4-3-5-7-15/h8,10,14-15,18H,2-7,9,11-13H2,1H3/t14-/m0/s1. The van der Waals surface area contributed by atoms with Crippen LogP contribution in [0.4, 0.5) is 0 Å². The summed E-state index contributed by atoms with van der Waals surface area (Å²) in [4.78, 5) is 2.58. The number of hydrogen-bond donors (Lipinski definition) is 1. The second-order valence-corrected chi connectivity index (χ2v) is 8.49. The first-order valence-electron chi connectivity index (χ1n) is 8.85. The number of hydrogen-bond acceptors (Lipinski definition) is 4. The maximum absolute atomic E-state index is 12.4. The highest BCUT2D eigenvalue weighted by molar-refractivity contribution is 7.89. The predicted octanol–water partition coefficient (Wildman–Crippen LogP) is 1.84. The largest absolute Gasteiger partial charge is 0.300 e. The van der Waals surface area contributed by atoms with Crippen molar-refractivity contribution in [3.8, 4) is 0 Å². The zero-order valence-electron chi connectivity index (χ0n) is 13.9. The molecule has 2 aliphatic rings. The summed E-state index contributed by atoms with van der Waals surface area (Å²) in [5.41, 5.74) is 0. The van der Waals surface area contributed by atoms with Crippen molar-refractivity contribution in [2.45, 2.75) is 63.1 Å². The van der Waals surface area contributed by atoms with Crippen molar-refractivity contribution in [2.24, 2.45) is 5.92 Å². The first kappa shape index (κ1) is 16.9. The van der Waals surface area contributed by atoms with Crippen LogP contribution in [0.15, 0.2) is 17.3 Å². The molecule has 0 amide bonds. The van der Waals surface area contributed by atoms with Gasteiger partial charge in [-0.15, -0.1) is 0 Å². The molecule has 1 atom stereocenters. The molecule has 0 spiro atoms. The summed E-state index contributed by atoms with van der Waals surface area (Å²) in [6, 6.07) is 2.29. The van der Waals surface area contributed by atoms with E-state index in [9.17, 15) is 8.42 Å². The lowest BCUT2D eigenvalue weighted by Gasteiger charge is -2.31. The quantitative estimate of drug-likeness (QED) is 0.858. The smallest absolute Gasteiger partial charge is 0.257 e. The summed E-state index contributed by atoms with van der Waals surface area (Å²) in [5, 5.41) is 4.31. The van der Waals surface area contributed by atoms with E-state index in [1.807, 2.05) is 6.92 Å². The Balaban J connectivity index is 1.52. The molecule has 1 aliphatic heterocycles. The third kappa shape index (κ3) is 3.95. The van der Waals surface area contributed by atoms with Crippen LogP contribution in [0, 0.1) is 5.92 Å². The van der Waals surface area contributed by atoms with Crippen LogP contribution >= 0.6 is 0 Å². The fourth-order valence-corrected chi connectivity index (χ4v) is 5.19. The lowest BCUT2D eigenvalue weighted by molar-refractivity contribution is 0.185. The minimum absolute atomic E-state index is 0.266. The van der Waals surface area contributed by atoms with E-state index in [-0.39, 0.29) is 5.03 Å². The lowest BCUT2D eigenvalue weighted by Crippen LogP contribution is -2.36. The van der Waals surface area contributed by atoms with Gasteiger partial charge in [-0.3, -0.25) is 4.68 Å². The van der Waals surface area contributed by atoms with E-state index in [4.69, 9.17) is 0 Å². The summed E-state index contributed by atoms with van der Waals surface area (Å²) >= 11 is 0. The maximum atomic E-state index is 12.4. The average Bonchev–Trinajstić information content (AvgIpc) is 3.23. The van der Waals surface area contributed by atoms with E-state index >= 15 is 0 Å². The van der Waals surface area contributed by atoms with Crippen LogP contribution < -0.4 is 4.72 Å². The lowest BCUT2D eigenvalue weighted by atomic mass is 9.94. The van der Waals surface area contributed by atoms with Crippen molar-refractivity contribution < 1.29 is 8.42 Å². The van der Waals surface area contributed by atoms with Gasteiger partial charge in [0, 0.05) is 25.7 Å². The van der Waals surface area contributed by atoms with E-state index in [1.165, 1.54) is 36.8 Å². The summed E-state index contributed by atoms with van der Waals surface area (Å²) < 4.78 is 29.2. The van der Waals surface area contributed by atoms with Crippen LogP contribution in [-0.2, 0) is 16.6 Å². The van der Waals surface area contributed by atoms with Crippen LogP contribution in [0.5, 0.6) is 0 Å². The van der Waals surface area contributed by atoms with Crippen LogP contribution in [0.3, 0.4) is 0 Å². The number of sulfonamides is 1. The molecule has 1 aromatic heterocycles. The average molecular weight is 340 g/mol. The van der Waals surface area contributed by atoms with E-state index in [2.05, 4.69) is 14.7 Å². The molecule has 7 heteroatoms. The molecule has 2 heterocycles. The van der Waals surface area contributed by atoms with Gasteiger partial charge in [-0.25, -0.2) is 13.1 Å². The third-order valence-electron chi connectivity index (χ3n) is 5.22. The van der Waals surface area contributed by atoms with Gasteiger partial charge in [-0.1, -0.05) is 19.3 Å². The summed E-state index contributed by atoms with van der Waals surface area (Å²) in [5.74, 6) is 0.421. The van der Waals surface area contributed by atoms with Crippen molar-refractivity contribution >= 4 is 10.0 Å². The molecule has 0 unspecified atom stereocenters. The van der Waals surface area contributed by atoms with Gasteiger partial charge >= 0.3 is 0 Å². The molecular weight excluding hydrogens is 312 g/mol. The van der Waals surface area contributed by atoms with Crippen molar-refractivity contribution in [3.05, 3.63) is 12.3 Å². The minimum Gasteiger partial charge on any atom is -0.300 e. The highest BCUT2D eigenvalue weighted by Gasteiger charge is 2.30. The topological polar surface area (TPSA) is 67.2 Å². The van der Waals surface area contributed by atoms with Crippen LogP contribution in [0.1, 0.15) is 45.4 Å². The normalized spacial score (nSPS) is 24.3. The highest BCUT2D eigenvalue weighted by Crippen LogP contribution is 2.27. The Morgan fingerprint density at radius 1 is 1.26 bits per heavy atom. The number of nitrogens with one attached hydrogen (secondary N) is 1. The Morgan fingerprint density at radius 2 is 2.04 bits per heavy atom.